The van der Waals surface area contributed by atoms with E-state index in [9.17, 15) is 9.18 Å². The third-order valence-corrected chi connectivity index (χ3v) is 2.52. The van der Waals surface area contributed by atoms with Gasteiger partial charge in [-0.2, -0.15) is 9.60 Å². The minimum absolute atomic E-state index is 0.203. The molecule has 0 amide bonds. The fourth-order valence-electron chi connectivity index (χ4n) is 1.65. The largest absolute Gasteiger partial charge is 0.282 e. The third kappa shape index (κ3) is 1.99. The highest BCUT2D eigenvalue weighted by Gasteiger charge is 2.10. The van der Waals surface area contributed by atoms with Crippen LogP contribution in [0.4, 0.5) is 4.39 Å². The fraction of sp³-hybridized carbons (Fsp3) is 0. The van der Waals surface area contributed by atoms with E-state index in [0.717, 1.165) is 0 Å². The van der Waals surface area contributed by atoms with Crippen LogP contribution in [0.1, 0.15) is 0 Å². The molecule has 8 heteroatoms. The summed E-state index contributed by atoms with van der Waals surface area (Å²) in [7, 11) is 0. The summed E-state index contributed by atoms with van der Waals surface area (Å²) in [5, 5.41) is 13.2. The minimum Gasteiger partial charge on any atom is -0.282 e. The van der Waals surface area contributed by atoms with Gasteiger partial charge in [-0.25, -0.2) is 4.98 Å². The van der Waals surface area contributed by atoms with E-state index in [1.807, 2.05) is 0 Å². The van der Waals surface area contributed by atoms with Crippen LogP contribution in [0.2, 0.25) is 0 Å². The Kier molecular flexibility index (Phi) is 2.60. The van der Waals surface area contributed by atoms with E-state index in [4.69, 9.17) is 0 Å². The smallest absolute Gasteiger partial charge is 0.266 e. The zero-order valence-corrected chi connectivity index (χ0v) is 9.49. The number of aromatic amines is 1. The predicted octanol–water partition coefficient (Wildman–Crippen LogP) is 0.552. The summed E-state index contributed by atoms with van der Waals surface area (Å²) in [5.41, 5.74) is 0.412. The summed E-state index contributed by atoms with van der Waals surface area (Å²) in [6, 6.07) is 5.89. The first-order valence-corrected chi connectivity index (χ1v) is 5.33. The van der Waals surface area contributed by atoms with Gasteiger partial charge in [0.15, 0.2) is 0 Å². The molecule has 0 aromatic carbocycles. The molecule has 0 unspecified atom stereocenters. The Morgan fingerprint density at radius 3 is 2.84 bits per heavy atom. The molecule has 0 aliphatic carbocycles. The van der Waals surface area contributed by atoms with Gasteiger partial charge in [0.1, 0.15) is 0 Å². The Balaban J connectivity index is 2.16. The number of H-pyrrole nitrogens is 1. The topological polar surface area (TPSA) is 89.4 Å². The number of nitrogens with zero attached hydrogens (tertiary/aromatic N) is 5. The predicted molar refractivity (Wildman–Crippen MR) is 63.0 cm³/mol. The molecule has 0 spiro atoms. The van der Waals surface area contributed by atoms with Gasteiger partial charge in [-0.3, -0.25) is 9.36 Å². The molecule has 1 N–H and O–H groups in total. The van der Waals surface area contributed by atoms with E-state index in [0.29, 0.717) is 11.3 Å². The van der Waals surface area contributed by atoms with Gasteiger partial charge in [-0.1, -0.05) is 0 Å². The van der Waals surface area contributed by atoms with Gasteiger partial charge in [-0.05, 0) is 29.5 Å². The Labute approximate surface area is 105 Å². The van der Waals surface area contributed by atoms with Gasteiger partial charge in [0.25, 0.3) is 5.56 Å². The number of tetrazole rings is 1. The second-order valence-electron chi connectivity index (χ2n) is 3.67. The van der Waals surface area contributed by atoms with Gasteiger partial charge < -0.3 is 0 Å². The molecule has 0 fully saturated rings. The molecule has 0 aliphatic rings. The molecule has 0 saturated heterocycles. The lowest BCUT2D eigenvalue weighted by Crippen LogP contribution is -2.19. The molecule has 0 atom stereocenters. The van der Waals surface area contributed by atoms with Gasteiger partial charge in [0.2, 0.25) is 11.8 Å². The SMILES string of the molecule is O=c1c(-c2nn[nH]n2)cccn1-c1ccc(F)nc1. The molecular formula is C11H7FN6O. The maximum atomic E-state index is 12.8. The van der Waals surface area contributed by atoms with Gasteiger partial charge in [-0.15, -0.1) is 10.2 Å². The van der Waals surface area contributed by atoms with Crippen LogP contribution in [0.25, 0.3) is 17.1 Å². The molecule has 3 aromatic heterocycles. The van der Waals surface area contributed by atoms with Crippen molar-refractivity contribution in [2.45, 2.75) is 0 Å². The van der Waals surface area contributed by atoms with E-state index in [1.165, 1.54) is 22.9 Å². The first-order valence-electron chi connectivity index (χ1n) is 5.33. The Hall–Kier alpha value is -2.90. The Morgan fingerprint density at radius 1 is 1.26 bits per heavy atom. The van der Waals surface area contributed by atoms with Crippen LogP contribution in [-0.4, -0.2) is 30.2 Å². The molecular weight excluding hydrogens is 251 g/mol. The lowest BCUT2D eigenvalue weighted by atomic mass is 10.2. The van der Waals surface area contributed by atoms with Crippen LogP contribution in [0.15, 0.2) is 41.5 Å². The third-order valence-electron chi connectivity index (χ3n) is 2.52. The number of aromatic nitrogens is 6. The second-order valence-corrected chi connectivity index (χ2v) is 3.67. The monoisotopic (exact) mass is 258 g/mol. The van der Waals surface area contributed by atoms with E-state index in [-0.39, 0.29) is 11.4 Å². The van der Waals surface area contributed by atoms with Crippen molar-refractivity contribution in [2.24, 2.45) is 0 Å². The van der Waals surface area contributed by atoms with E-state index >= 15 is 0 Å². The van der Waals surface area contributed by atoms with Gasteiger partial charge >= 0.3 is 0 Å². The average Bonchev–Trinajstić information content (AvgIpc) is 2.94. The van der Waals surface area contributed by atoms with Gasteiger partial charge in [0.05, 0.1) is 17.4 Å². The fourth-order valence-corrected chi connectivity index (χ4v) is 1.65. The summed E-state index contributed by atoms with van der Waals surface area (Å²) in [6.45, 7) is 0. The van der Waals surface area contributed by atoms with Crippen LogP contribution in [0.3, 0.4) is 0 Å². The van der Waals surface area contributed by atoms with Crippen molar-refractivity contribution in [3.05, 3.63) is 53.0 Å². The zero-order valence-electron chi connectivity index (χ0n) is 9.49. The number of nitrogens with one attached hydrogen (secondary N) is 1. The van der Waals surface area contributed by atoms with E-state index < -0.39 is 5.95 Å². The summed E-state index contributed by atoms with van der Waals surface area (Å²) in [5.74, 6) is -0.402. The van der Waals surface area contributed by atoms with Crippen LogP contribution in [-0.2, 0) is 0 Å². The van der Waals surface area contributed by atoms with Crippen LogP contribution in [0, 0.1) is 5.95 Å². The molecule has 3 heterocycles. The average molecular weight is 258 g/mol. The van der Waals surface area contributed by atoms with Crippen LogP contribution < -0.4 is 5.56 Å². The molecule has 3 rings (SSSR count). The quantitative estimate of drug-likeness (QED) is 0.678. The van der Waals surface area contributed by atoms with E-state index in [1.54, 1.807) is 18.3 Å². The van der Waals surface area contributed by atoms with Crippen LogP contribution in [0.5, 0.6) is 0 Å². The van der Waals surface area contributed by atoms with Crippen molar-refractivity contribution in [3.8, 4) is 17.1 Å². The summed E-state index contributed by atoms with van der Waals surface area (Å²) in [4.78, 5) is 15.8. The lowest BCUT2D eigenvalue weighted by molar-refractivity contribution is 0.583. The Morgan fingerprint density at radius 2 is 2.16 bits per heavy atom. The standard InChI is InChI=1S/C11H7FN6O/c12-9-4-3-7(6-13-9)18-5-1-2-8(11(18)19)10-14-16-17-15-10/h1-6H,(H,14,15,16,17). The molecule has 0 aliphatic heterocycles. The van der Waals surface area contributed by atoms with Crippen molar-refractivity contribution in [3.63, 3.8) is 0 Å². The highest BCUT2D eigenvalue weighted by atomic mass is 19.1. The molecule has 7 nitrogen and oxygen atoms in total. The number of halogens is 1. The Bertz CT molecular complexity index is 750. The highest BCUT2D eigenvalue weighted by Crippen LogP contribution is 2.09. The molecule has 0 saturated carbocycles. The van der Waals surface area contributed by atoms with Crippen LogP contribution >= 0.6 is 0 Å². The maximum Gasteiger partial charge on any atom is 0.266 e. The second kappa shape index (κ2) is 4.41. The molecule has 94 valence electrons. The first-order chi connectivity index (χ1) is 9.25. The molecule has 19 heavy (non-hydrogen) atoms. The van der Waals surface area contributed by atoms with Crippen molar-refractivity contribution < 1.29 is 4.39 Å². The normalized spacial score (nSPS) is 10.6. The maximum absolute atomic E-state index is 12.8. The molecule has 3 aromatic rings. The van der Waals surface area contributed by atoms with Gasteiger partial charge in [0, 0.05) is 6.20 Å². The van der Waals surface area contributed by atoms with Crippen molar-refractivity contribution in [1.29, 1.82) is 0 Å². The van der Waals surface area contributed by atoms with Crippen molar-refractivity contribution >= 4 is 0 Å². The molecule has 0 bridgehead atoms. The first kappa shape index (κ1) is 11.2. The van der Waals surface area contributed by atoms with E-state index in [2.05, 4.69) is 25.6 Å². The lowest BCUT2D eigenvalue weighted by Gasteiger charge is -2.05. The van der Waals surface area contributed by atoms with Crippen molar-refractivity contribution in [2.75, 3.05) is 0 Å². The number of pyridine rings is 2. The number of hydrogen-bond donors (Lipinski definition) is 1. The minimum atomic E-state index is -0.605. The summed E-state index contributed by atoms with van der Waals surface area (Å²) < 4.78 is 14.1. The highest BCUT2D eigenvalue weighted by molar-refractivity contribution is 5.52. The summed E-state index contributed by atoms with van der Waals surface area (Å²) >= 11 is 0. The number of rotatable bonds is 2. The zero-order chi connectivity index (χ0) is 13.2. The summed E-state index contributed by atoms with van der Waals surface area (Å²) in [6.07, 6.45) is 2.83. The van der Waals surface area contributed by atoms with Crippen molar-refractivity contribution in [1.82, 2.24) is 30.2 Å². The number of hydrogen-bond acceptors (Lipinski definition) is 5. The molecule has 0 radical (unpaired) electrons.